The highest BCUT2D eigenvalue weighted by Crippen LogP contribution is 2.24. The van der Waals surface area contributed by atoms with Crippen LogP contribution >= 0.6 is 0 Å². The zero-order chi connectivity index (χ0) is 18.3. The SMILES string of the molecule is C=CCN(CC=C)c1ccn(C(=O)OC(C)(C)C)c1C(=O)OCC. The second-order valence-corrected chi connectivity index (χ2v) is 6.10. The molecule has 1 heterocycles. The van der Waals surface area contributed by atoms with Gasteiger partial charge in [-0.25, -0.2) is 14.2 Å². The molecule has 1 aromatic heterocycles. The number of esters is 1. The Morgan fingerprint density at radius 2 is 1.83 bits per heavy atom. The molecular formula is C18H26N2O4. The summed E-state index contributed by atoms with van der Waals surface area (Å²) in [6.45, 7) is 15.6. The molecule has 132 valence electrons. The van der Waals surface area contributed by atoms with Crippen molar-refractivity contribution in [3.63, 3.8) is 0 Å². The molecule has 0 atom stereocenters. The van der Waals surface area contributed by atoms with Gasteiger partial charge in [-0.15, -0.1) is 13.2 Å². The van der Waals surface area contributed by atoms with Crippen LogP contribution in [0.2, 0.25) is 0 Å². The van der Waals surface area contributed by atoms with Gasteiger partial charge in [0.25, 0.3) is 0 Å². The highest BCUT2D eigenvalue weighted by atomic mass is 16.6. The summed E-state index contributed by atoms with van der Waals surface area (Å²) >= 11 is 0. The number of carbonyl (C=O) groups excluding carboxylic acids is 2. The van der Waals surface area contributed by atoms with Crippen LogP contribution in [0.3, 0.4) is 0 Å². The average molecular weight is 334 g/mol. The first kappa shape index (κ1) is 19.5. The summed E-state index contributed by atoms with van der Waals surface area (Å²) in [5.74, 6) is -0.582. The van der Waals surface area contributed by atoms with Crippen molar-refractivity contribution in [1.29, 1.82) is 0 Å². The molecule has 0 aliphatic heterocycles. The fourth-order valence-corrected chi connectivity index (χ4v) is 2.13. The van der Waals surface area contributed by atoms with E-state index in [1.165, 1.54) is 10.8 Å². The van der Waals surface area contributed by atoms with Gasteiger partial charge in [-0.1, -0.05) is 12.2 Å². The molecule has 1 aromatic rings. The maximum atomic E-state index is 12.4. The predicted molar refractivity (Wildman–Crippen MR) is 94.6 cm³/mol. The molecule has 6 heteroatoms. The topological polar surface area (TPSA) is 60.8 Å². The van der Waals surface area contributed by atoms with Crippen LogP contribution in [-0.4, -0.2) is 41.9 Å². The summed E-state index contributed by atoms with van der Waals surface area (Å²) in [5.41, 5.74) is 0.0314. The molecule has 0 saturated heterocycles. The molecule has 0 aliphatic rings. The minimum absolute atomic E-state index is 0.134. The molecule has 1 rings (SSSR count). The molecule has 0 bridgehead atoms. The Balaban J connectivity index is 3.34. The average Bonchev–Trinajstić information content (AvgIpc) is 2.90. The van der Waals surface area contributed by atoms with E-state index in [1.807, 2.05) is 4.90 Å². The van der Waals surface area contributed by atoms with E-state index in [0.717, 1.165) is 0 Å². The van der Waals surface area contributed by atoms with Crippen LogP contribution in [0.4, 0.5) is 10.5 Å². The van der Waals surface area contributed by atoms with Crippen molar-refractivity contribution in [1.82, 2.24) is 4.57 Å². The quantitative estimate of drug-likeness (QED) is 0.563. The third-order valence-electron chi connectivity index (χ3n) is 2.96. The number of aromatic nitrogens is 1. The molecule has 0 spiro atoms. The van der Waals surface area contributed by atoms with Crippen molar-refractivity contribution in [3.8, 4) is 0 Å². The predicted octanol–water partition coefficient (Wildman–Crippen LogP) is 3.63. The lowest BCUT2D eigenvalue weighted by molar-refractivity contribution is 0.0450. The number of hydrogen-bond donors (Lipinski definition) is 0. The Kier molecular flexibility index (Phi) is 6.82. The van der Waals surface area contributed by atoms with Crippen LogP contribution in [0, 0.1) is 0 Å². The van der Waals surface area contributed by atoms with Crippen molar-refractivity contribution < 1.29 is 19.1 Å². The maximum Gasteiger partial charge on any atom is 0.419 e. The van der Waals surface area contributed by atoms with E-state index in [0.29, 0.717) is 18.8 Å². The van der Waals surface area contributed by atoms with Gasteiger partial charge in [0, 0.05) is 19.3 Å². The summed E-state index contributed by atoms with van der Waals surface area (Å²) in [6, 6.07) is 1.68. The van der Waals surface area contributed by atoms with E-state index >= 15 is 0 Å². The fraction of sp³-hybridized carbons (Fsp3) is 0.444. The highest BCUT2D eigenvalue weighted by Gasteiger charge is 2.27. The zero-order valence-electron chi connectivity index (χ0n) is 14.9. The normalized spacial score (nSPS) is 10.8. The van der Waals surface area contributed by atoms with Crippen molar-refractivity contribution in [3.05, 3.63) is 43.3 Å². The third kappa shape index (κ3) is 5.01. The van der Waals surface area contributed by atoms with E-state index in [-0.39, 0.29) is 12.3 Å². The van der Waals surface area contributed by atoms with Crippen molar-refractivity contribution in [2.45, 2.75) is 33.3 Å². The standard InChI is InChI=1S/C18H26N2O4/c1-7-11-19(12-8-2)14-10-13-20(15(14)16(21)23-9-3)17(22)24-18(4,5)6/h7-8,10,13H,1-2,9,11-12H2,3-6H3. The Morgan fingerprint density at radius 1 is 1.25 bits per heavy atom. The first-order chi connectivity index (χ1) is 11.2. The molecule has 0 amide bonds. The van der Waals surface area contributed by atoms with Crippen molar-refractivity contribution in [2.24, 2.45) is 0 Å². The molecule has 0 unspecified atom stereocenters. The van der Waals surface area contributed by atoms with E-state index in [4.69, 9.17) is 9.47 Å². The van der Waals surface area contributed by atoms with Gasteiger partial charge in [0.2, 0.25) is 0 Å². The van der Waals surface area contributed by atoms with Crippen molar-refractivity contribution in [2.75, 3.05) is 24.6 Å². The highest BCUT2D eigenvalue weighted by molar-refractivity contribution is 5.98. The van der Waals surface area contributed by atoms with Gasteiger partial charge in [0.1, 0.15) is 5.60 Å². The van der Waals surface area contributed by atoms with Crippen molar-refractivity contribution >= 4 is 17.7 Å². The number of hydrogen-bond acceptors (Lipinski definition) is 5. The number of anilines is 1. The van der Waals surface area contributed by atoms with E-state index < -0.39 is 17.7 Å². The van der Waals surface area contributed by atoms with E-state index in [2.05, 4.69) is 13.2 Å². The molecule has 0 aromatic carbocycles. The van der Waals surface area contributed by atoms with E-state index in [1.54, 1.807) is 45.9 Å². The van der Waals surface area contributed by atoms with Gasteiger partial charge in [0.15, 0.2) is 5.69 Å². The Morgan fingerprint density at radius 3 is 2.29 bits per heavy atom. The second kappa shape index (κ2) is 8.38. The van der Waals surface area contributed by atoms with Gasteiger partial charge in [-0.3, -0.25) is 0 Å². The van der Waals surface area contributed by atoms with Crippen LogP contribution in [0.15, 0.2) is 37.6 Å². The van der Waals surface area contributed by atoms with Crippen LogP contribution in [0.25, 0.3) is 0 Å². The van der Waals surface area contributed by atoms with Crippen LogP contribution in [0.1, 0.15) is 38.2 Å². The monoisotopic (exact) mass is 334 g/mol. The van der Waals surface area contributed by atoms with Gasteiger partial charge in [-0.2, -0.15) is 0 Å². The fourth-order valence-electron chi connectivity index (χ4n) is 2.13. The summed E-state index contributed by atoms with van der Waals surface area (Å²) in [7, 11) is 0. The number of rotatable bonds is 7. The Labute approximate surface area is 143 Å². The second-order valence-electron chi connectivity index (χ2n) is 6.10. The number of nitrogens with zero attached hydrogens (tertiary/aromatic N) is 2. The van der Waals surface area contributed by atoms with Crippen LogP contribution in [0.5, 0.6) is 0 Å². The van der Waals surface area contributed by atoms with Gasteiger partial charge in [-0.05, 0) is 33.8 Å². The smallest absolute Gasteiger partial charge is 0.419 e. The molecule has 0 radical (unpaired) electrons. The van der Waals surface area contributed by atoms with Gasteiger partial charge in [0.05, 0.1) is 12.3 Å². The third-order valence-corrected chi connectivity index (χ3v) is 2.96. The summed E-state index contributed by atoms with van der Waals surface area (Å²) in [4.78, 5) is 26.7. The summed E-state index contributed by atoms with van der Waals surface area (Å²) in [5, 5.41) is 0. The Bertz CT molecular complexity index is 601. The molecular weight excluding hydrogens is 308 g/mol. The lowest BCUT2D eigenvalue weighted by Crippen LogP contribution is -2.30. The number of carbonyl (C=O) groups is 2. The summed E-state index contributed by atoms with van der Waals surface area (Å²) < 4.78 is 11.6. The number of ether oxygens (including phenoxy) is 2. The summed E-state index contributed by atoms with van der Waals surface area (Å²) in [6.07, 6.45) is 4.30. The Hall–Kier alpha value is -2.50. The van der Waals surface area contributed by atoms with Crippen LogP contribution in [-0.2, 0) is 9.47 Å². The first-order valence-corrected chi connectivity index (χ1v) is 7.83. The molecule has 6 nitrogen and oxygen atoms in total. The van der Waals surface area contributed by atoms with E-state index in [9.17, 15) is 9.59 Å². The first-order valence-electron chi connectivity index (χ1n) is 7.83. The minimum atomic E-state index is -0.671. The van der Waals surface area contributed by atoms with Crippen LogP contribution < -0.4 is 4.90 Å². The zero-order valence-corrected chi connectivity index (χ0v) is 14.9. The largest absolute Gasteiger partial charge is 0.461 e. The molecule has 0 aliphatic carbocycles. The molecule has 24 heavy (non-hydrogen) atoms. The molecule has 0 saturated carbocycles. The molecule has 0 fully saturated rings. The minimum Gasteiger partial charge on any atom is -0.461 e. The lowest BCUT2D eigenvalue weighted by Gasteiger charge is -2.23. The lowest BCUT2D eigenvalue weighted by atomic mass is 10.2. The molecule has 0 N–H and O–H groups in total. The maximum absolute atomic E-state index is 12.4. The van der Waals surface area contributed by atoms with Gasteiger partial charge >= 0.3 is 12.1 Å². The van der Waals surface area contributed by atoms with Gasteiger partial charge < -0.3 is 14.4 Å².